The molecule has 0 radical (unpaired) electrons. The zero-order chi connectivity index (χ0) is 22.1. The van der Waals surface area contributed by atoms with Crippen molar-refractivity contribution < 1.29 is 14.4 Å². The predicted molar refractivity (Wildman–Crippen MR) is 120 cm³/mol. The lowest BCUT2D eigenvalue weighted by Gasteiger charge is -2.45. The van der Waals surface area contributed by atoms with E-state index in [0.29, 0.717) is 24.3 Å². The first-order valence-corrected chi connectivity index (χ1v) is 11.3. The van der Waals surface area contributed by atoms with Crippen molar-refractivity contribution in [1.29, 1.82) is 0 Å². The number of fused-ring (bicyclic) bond motifs is 3. The molecule has 0 spiro atoms. The van der Waals surface area contributed by atoms with E-state index < -0.39 is 0 Å². The number of piperazine rings is 1. The number of anilines is 2. The van der Waals surface area contributed by atoms with Crippen molar-refractivity contribution in [2.24, 2.45) is 0 Å². The second-order valence-electron chi connectivity index (χ2n) is 8.85. The second-order valence-corrected chi connectivity index (χ2v) is 8.85. The molecule has 2 fully saturated rings. The maximum Gasteiger partial charge on any atom is 0.253 e. The molecule has 0 aliphatic carbocycles. The predicted octanol–water partition coefficient (Wildman–Crippen LogP) is 1.26. The van der Waals surface area contributed by atoms with Crippen LogP contribution in [-0.4, -0.2) is 98.4 Å². The monoisotopic (exact) mass is 427 g/mol. The van der Waals surface area contributed by atoms with Crippen molar-refractivity contribution in [2.75, 3.05) is 69.7 Å². The van der Waals surface area contributed by atoms with Crippen molar-refractivity contribution in [3.63, 3.8) is 0 Å². The first-order chi connectivity index (χ1) is 14.9. The third-order valence-electron chi connectivity index (χ3n) is 6.75. The molecule has 4 rings (SSSR count). The Bertz CT molecular complexity index is 863. The van der Waals surface area contributed by atoms with Gasteiger partial charge in [0.2, 0.25) is 11.8 Å². The molecule has 3 aliphatic rings. The lowest BCUT2D eigenvalue weighted by atomic mass is 9.95. The van der Waals surface area contributed by atoms with Crippen LogP contribution in [0.5, 0.6) is 0 Å². The van der Waals surface area contributed by atoms with E-state index in [2.05, 4.69) is 16.7 Å². The molecule has 0 bridgehead atoms. The second kappa shape index (κ2) is 8.86. The Morgan fingerprint density at radius 3 is 2.45 bits per heavy atom. The van der Waals surface area contributed by atoms with E-state index in [9.17, 15) is 14.4 Å². The SMILES string of the molecule is CCN1CCN(C(=O)CN2C(=O)C3CCCCN3c3ccc(C(=O)N(C)C)cc32)CC1. The first-order valence-electron chi connectivity index (χ1n) is 11.3. The summed E-state index contributed by atoms with van der Waals surface area (Å²) in [6.07, 6.45) is 2.86. The molecule has 1 aromatic carbocycles. The topological polar surface area (TPSA) is 67.4 Å². The highest BCUT2D eigenvalue weighted by Crippen LogP contribution is 2.40. The number of carbonyl (C=O) groups is 3. The van der Waals surface area contributed by atoms with Gasteiger partial charge in [0.05, 0.1) is 11.4 Å². The largest absolute Gasteiger partial charge is 0.358 e. The van der Waals surface area contributed by atoms with Gasteiger partial charge in [0, 0.05) is 52.4 Å². The minimum Gasteiger partial charge on any atom is -0.358 e. The summed E-state index contributed by atoms with van der Waals surface area (Å²) in [5.74, 6) is -0.163. The Kier molecular flexibility index (Phi) is 6.18. The smallest absolute Gasteiger partial charge is 0.253 e. The summed E-state index contributed by atoms with van der Waals surface area (Å²) >= 11 is 0. The number of piperidine rings is 1. The zero-order valence-corrected chi connectivity index (χ0v) is 18.8. The van der Waals surface area contributed by atoms with E-state index >= 15 is 0 Å². The fraction of sp³-hybridized carbons (Fsp3) is 0.609. The van der Waals surface area contributed by atoms with Gasteiger partial charge in [-0.1, -0.05) is 6.92 Å². The van der Waals surface area contributed by atoms with E-state index in [1.165, 1.54) is 4.90 Å². The molecule has 8 heteroatoms. The van der Waals surface area contributed by atoms with E-state index in [4.69, 9.17) is 0 Å². The van der Waals surface area contributed by atoms with Crippen LogP contribution >= 0.6 is 0 Å². The number of hydrogen-bond donors (Lipinski definition) is 0. The average molecular weight is 428 g/mol. The molecule has 1 aromatic rings. The number of amides is 3. The van der Waals surface area contributed by atoms with Gasteiger partial charge in [0.15, 0.2) is 0 Å². The third kappa shape index (κ3) is 4.13. The Morgan fingerprint density at radius 1 is 1.03 bits per heavy atom. The average Bonchev–Trinajstić information content (AvgIpc) is 2.80. The summed E-state index contributed by atoms with van der Waals surface area (Å²) in [7, 11) is 3.43. The van der Waals surface area contributed by atoms with Gasteiger partial charge < -0.3 is 19.6 Å². The van der Waals surface area contributed by atoms with Crippen molar-refractivity contribution in [3.8, 4) is 0 Å². The summed E-state index contributed by atoms with van der Waals surface area (Å²) in [5.41, 5.74) is 2.15. The summed E-state index contributed by atoms with van der Waals surface area (Å²) in [5, 5.41) is 0. The van der Waals surface area contributed by atoms with E-state index in [0.717, 1.165) is 51.1 Å². The fourth-order valence-corrected chi connectivity index (χ4v) is 4.86. The van der Waals surface area contributed by atoms with Crippen molar-refractivity contribution >= 4 is 29.1 Å². The number of carbonyl (C=O) groups excluding carboxylic acids is 3. The molecule has 168 valence electrons. The third-order valence-corrected chi connectivity index (χ3v) is 6.75. The molecule has 8 nitrogen and oxygen atoms in total. The number of rotatable bonds is 4. The highest BCUT2D eigenvalue weighted by atomic mass is 16.2. The van der Waals surface area contributed by atoms with E-state index in [-0.39, 0.29) is 30.3 Å². The molecule has 1 atom stereocenters. The molecule has 3 amide bonds. The van der Waals surface area contributed by atoms with Gasteiger partial charge in [-0.3, -0.25) is 19.3 Å². The molecular weight excluding hydrogens is 394 g/mol. The molecule has 0 saturated carbocycles. The van der Waals surface area contributed by atoms with Crippen LogP contribution < -0.4 is 9.80 Å². The van der Waals surface area contributed by atoms with Gasteiger partial charge in [-0.25, -0.2) is 0 Å². The number of hydrogen-bond acceptors (Lipinski definition) is 5. The van der Waals surface area contributed by atoms with Crippen LogP contribution in [0, 0.1) is 0 Å². The highest BCUT2D eigenvalue weighted by Gasteiger charge is 2.41. The Balaban J connectivity index is 1.63. The Hall–Kier alpha value is -2.61. The van der Waals surface area contributed by atoms with Gasteiger partial charge in [-0.2, -0.15) is 0 Å². The maximum atomic E-state index is 13.5. The van der Waals surface area contributed by atoms with Crippen LogP contribution in [-0.2, 0) is 9.59 Å². The van der Waals surface area contributed by atoms with Crippen LogP contribution in [0.4, 0.5) is 11.4 Å². The number of benzene rings is 1. The minimum atomic E-state index is -0.221. The van der Waals surface area contributed by atoms with Crippen LogP contribution in [0.25, 0.3) is 0 Å². The highest BCUT2D eigenvalue weighted by molar-refractivity contribution is 6.09. The molecule has 31 heavy (non-hydrogen) atoms. The molecule has 2 saturated heterocycles. The quantitative estimate of drug-likeness (QED) is 0.724. The van der Waals surface area contributed by atoms with Gasteiger partial charge in [-0.05, 0) is 44.0 Å². The van der Waals surface area contributed by atoms with Crippen LogP contribution in [0.2, 0.25) is 0 Å². The first kappa shape index (κ1) is 21.6. The van der Waals surface area contributed by atoms with Gasteiger partial charge in [-0.15, -0.1) is 0 Å². The number of nitrogens with zero attached hydrogens (tertiary/aromatic N) is 5. The molecule has 0 aromatic heterocycles. The Morgan fingerprint density at radius 2 is 1.77 bits per heavy atom. The van der Waals surface area contributed by atoms with Crippen molar-refractivity contribution in [3.05, 3.63) is 23.8 Å². The summed E-state index contributed by atoms with van der Waals surface area (Å²) < 4.78 is 0. The molecule has 1 unspecified atom stereocenters. The Labute approximate surface area is 184 Å². The van der Waals surface area contributed by atoms with Gasteiger partial charge in [0.1, 0.15) is 12.6 Å². The molecule has 3 aliphatic heterocycles. The fourth-order valence-electron chi connectivity index (χ4n) is 4.86. The zero-order valence-electron chi connectivity index (χ0n) is 18.8. The molecule has 3 heterocycles. The van der Waals surface area contributed by atoms with Crippen LogP contribution in [0.3, 0.4) is 0 Å². The lowest BCUT2D eigenvalue weighted by Crippen LogP contribution is -2.58. The lowest BCUT2D eigenvalue weighted by molar-refractivity contribution is -0.133. The molecular formula is C23H33N5O3. The maximum absolute atomic E-state index is 13.5. The van der Waals surface area contributed by atoms with Gasteiger partial charge >= 0.3 is 0 Å². The standard InChI is InChI=1S/C23H33N5O3/c1-4-25-11-13-26(14-12-25)21(29)16-28-20-15-17(22(30)24(2)3)8-9-18(20)27-10-6-5-7-19(27)23(28)31/h8-9,15,19H,4-7,10-14,16H2,1-3H3. The van der Waals surface area contributed by atoms with E-state index in [1.807, 2.05) is 17.0 Å². The van der Waals surface area contributed by atoms with Gasteiger partial charge in [0.25, 0.3) is 5.91 Å². The van der Waals surface area contributed by atoms with E-state index in [1.54, 1.807) is 25.1 Å². The number of likely N-dealkylation sites (N-methyl/N-ethyl adjacent to an activating group) is 1. The summed E-state index contributed by atoms with van der Waals surface area (Å²) in [6, 6.07) is 5.32. The van der Waals surface area contributed by atoms with Crippen LogP contribution in [0.15, 0.2) is 18.2 Å². The summed E-state index contributed by atoms with van der Waals surface area (Å²) in [4.78, 5) is 48.7. The molecule has 0 N–H and O–H groups in total. The normalized spacial score (nSPS) is 21.6. The summed E-state index contributed by atoms with van der Waals surface area (Å²) in [6.45, 7) is 7.08. The van der Waals surface area contributed by atoms with Crippen molar-refractivity contribution in [1.82, 2.24) is 14.7 Å². The van der Waals surface area contributed by atoms with Crippen LogP contribution in [0.1, 0.15) is 36.5 Å². The van der Waals surface area contributed by atoms with Crippen molar-refractivity contribution in [2.45, 2.75) is 32.2 Å². The minimum absolute atomic E-state index is 0.0244.